The van der Waals surface area contributed by atoms with Gasteiger partial charge in [-0.1, -0.05) is 15.9 Å². The number of hydrogen-bond acceptors (Lipinski definition) is 1. The van der Waals surface area contributed by atoms with Gasteiger partial charge in [-0.3, -0.25) is 0 Å². The summed E-state index contributed by atoms with van der Waals surface area (Å²) >= 11 is 24.5. The molecule has 0 aliphatic heterocycles. The Kier molecular flexibility index (Phi) is 6.68. The highest BCUT2D eigenvalue weighted by atomic mass is 79.9. The summed E-state index contributed by atoms with van der Waals surface area (Å²) in [5, 5.41) is 0. The van der Waals surface area contributed by atoms with Gasteiger partial charge in [0.2, 0.25) is 0 Å². The van der Waals surface area contributed by atoms with Crippen molar-refractivity contribution < 1.29 is 4.74 Å². The van der Waals surface area contributed by atoms with Crippen LogP contribution in [0, 0.1) is 0 Å². The molecule has 0 saturated carbocycles. The average molecular weight is 722 g/mol. The maximum absolute atomic E-state index is 6.02. The Morgan fingerprint density at radius 1 is 0.650 bits per heavy atom. The molecule has 0 saturated heterocycles. The Bertz CT molecular complexity index is 655. The summed E-state index contributed by atoms with van der Waals surface area (Å²) in [6.45, 7) is 0. The second-order valence-electron chi connectivity index (χ2n) is 3.58. The van der Waals surface area contributed by atoms with Gasteiger partial charge in [0.05, 0.1) is 22.4 Å². The summed E-state index contributed by atoms with van der Waals surface area (Å²) in [5.41, 5.74) is 0. The maximum Gasteiger partial charge on any atom is 0.158 e. The van der Waals surface area contributed by atoms with Crippen LogP contribution in [0.3, 0.4) is 0 Å². The van der Waals surface area contributed by atoms with Crippen molar-refractivity contribution >= 4 is 112 Å². The summed E-state index contributed by atoms with van der Waals surface area (Å²) in [5.74, 6) is 1.38. The van der Waals surface area contributed by atoms with Gasteiger partial charge in [0, 0.05) is 8.95 Å². The fourth-order valence-electron chi connectivity index (χ4n) is 1.34. The number of rotatable bonds is 2. The van der Waals surface area contributed by atoms with Crippen LogP contribution in [0.2, 0.25) is 0 Å². The van der Waals surface area contributed by atoms with Gasteiger partial charge in [0.1, 0.15) is 5.75 Å². The molecule has 0 aromatic heterocycles. The molecule has 0 spiro atoms. The largest absolute Gasteiger partial charge is 0.454 e. The molecule has 106 valence electrons. The van der Waals surface area contributed by atoms with E-state index in [4.69, 9.17) is 4.74 Å². The Morgan fingerprint density at radius 2 is 1.15 bits per heavy atom. The molecule has 2 rings (SSSR count). The third-order valence-corrected chi connectivity index (χ3v) is 9.44. The van der Waals surface area contributed by atoms with Crippen molar-refractivity contribution in [3.63, 3.8) is 0 Å². The lowest BCUT2D eigenvalue weighted by Crippen LogP contribution is -1.91. The van der Waals surface area contributed by atoms with Gasteiger partial charge in [-0.25, -0.2) is 0 Å². The third kappa shape index (κ3) is 3.74. The number of hydrogen-bond donors (Lipinski definition) is 0. The van der Waals surface area contributed by atoms with Crippen molar-refractivity contribution in [2.24, 2.45) is 0 Å². The first-order chi connectivity index (χ1) is 9.32. The SMILES string of the molecule is Brc1ccc(Br)c(Oc2c(Br)c(Br)c(Br)c(Br)c2Br)c1. The van der Waals surface area contributed by atoms with E-state index in [2.05, 4.69) is 112 Å². The van der Waals surface area contributed by atoms with Crippen LogP contribution in [-0.4, -0.2) is 0 Å². The van der Waals surface area contributed by atoms with Crippen LogP contribution in [0.5, 0.6) is 11.5 Å². The molecular weight excluding hydrogens is 719 g/mol. The van der Waals surface area contributed by atoms with Crippen molar-refractivity contribution in [3.05, 3.63) is 49.5 Å². The molecule has 8 heteroatoms. The minimum absolute atomic E-state index is 0.672. The van der Waals surface area contributed by atoms with Crippen LogP contribution >= 0.6 is 112 Å². The summed E-state index contributed by atoms with van der Waals surface area (Å²) in [4.78, 5) is 0. The standard InChI is InChI=1S/C12H3Br7O/c13-4-1-2-5(14)6(3-4)20-12-10(18)8(16)7(15)9(17)11(12)19/h1-3H. The van der Waals surface area contributed by atoms with Crippen LogP contribution in [0.15, 0.2) is 49.5 Å². The molecular formula is C12H3Br7O. The third-order valence-electron chi connectivity index (χ3n) is 2.27. The molecule has 0 fully saturated rings. The highest BCUT2D eigenvalue weighted by Gasteiger charge is 2.20. The van der Waals surface area contributed by atoms with E-state index in [0.717, 1.165) is 31.3 Å². The molecule has 0 amide bonds. The topological polar surface area (TPSA) is 9.23 Å². The first-order valence-corrected chi connectivity index (χ1v) is 10.5. The van der Waals surface area contributed by atoms with Crippen molar-refractivity contribution in [1.82, 2.24) is 0 Å². The average Bonchev–Trinajstić information content (AvgIpc) is 2.43. The molecule has 0 aliphatic rings. The first-order valence-electron chi connectivity index (χ1n) is 4.97. The lowest BCUT2D eigenvalue weighted by atomic mass is 10.3. The van der Waals surface area contributed by atoms with Gasteiger partial charge in [0.25, 0.3) is 0 Å². The van der Waals surface area contributed by atoms with Crippen molar-refractivity contribution in [2.45, 2.75) is 0 Å². The van der Waals surface area contributed by atoms with Crippen LogP contribution < -0.4 is 4.74 Å². The summed E-state index contributed by atoms with van der Waals surface area (Å²) in [6.07, 6.45) is 0. The smallest absolute Gasteiger partial charge is 0.158 e. The van der Waals surface area contributed by atoms with Crippen molar-refractivity contribution in [3.8, 4) is 11.5 Å². The quantitative estimate of drug-likeness (QED) is 0.223. The van der Waals surface area contributed by atoms with E-state index < -0.39 is 0 Å². The Morgan fingerprint density at radius 3 is 1.70 bits per heavy atom. The normalized spacial score (nSPS) is 10.8. The van der Waals surface area contributed by atoms with Gasteiger partial charge < -0.3 is 4.74 Å². The Labute approximate surface area is 175 Å². The molecule has 2 aromatic rings. The Hall–Kier alpha value is 1.60. The maximum atomic E-state index is 6.02. The minimum atomic E-state index is 0.672. The van der Waals surface area contributed by atoms with Crippen LogP contribution in [0.25, 0.3) is 0 Å². The molecule has 20 heavy (non-hydrogen) atoms. The van der Waals surface area contributed by atoms with Gasteiger partial charge in [-0.05, 0) is 114 Å². The lowest BCUT2D eigenvalue weighted by molar-refractivity contribution is 0.472. The fourth-order valence-corrected chi connectivity index (χ4v) is 5.18. The zero-order chi connectivity index (χ0) is 15.0. The molecule has 2 aromatic carbocycles. The van der Waals surface area contributed by atoms with E-state index in [-0.39, 0.29) is 0 Å². The highest BCUT2D eigenvalue weighted by molar-refractivity contribution is 9.15. The second-order valence-corrected chi connectivity index (χ2v) is 9.31. The van der Waals surface area contributed by atoms with Crippen LogP contribution in [-0.2, 0) is 0 Å². The number of halogens is 7. The van der Waals surface area contributed by atoms with Gasteiger partial charge in [-0.2, -0.15) is 0 Å². The minimum Gasteiger partial charge on any atom is -0.454 e. The summed E-state index contributed by atoms with van der Waals surface area (Å²) < 4.78 is 12.1. The van der Waals surface area contributed by atoms with E-state index in [1.165, 1.54) is 0 Å². The highest BCUT2D eigenvalue weighted by Crippen LogP contribution is 2.50. The first kappa shape index (κ1) is 17.9. The van der Waals surface area contributed by atoms with Crippen LogP contribution in [0.4, 0.5) is 0 Å². The molecule has 0 aliphatic carbocycles. The zero-order valence-electron chi connectivity index (χ0n) is 9.29. The van der Waals surface area contributed by atoms with E-state index in [9.17, 15) is 0 Å². The van der Waals surface area contributed by atoms with Gasteiger partial charge in [-0.15, -0.1) is 0 Å². The molecule has 0 bridgehead atoms. The lowest BCUT2D eigenvalue weighted by Gasteiger charge is -2.15. The number of benzene rings is 2. The molecule has 1 nitrogen and oxygen atoms in total. The van der Waals surface area contributed by atoms with Crippen LogP contribution in [0.1, 0.15) is 0 Å². The van der Waals surface area contributed by atoms with E-state index in [0.29, 0.717) is 11.5 Å². The van der Waals surface area contributed by atoms with Crippen molar-refractivity contribution in [1.29, 1.82) is 0 Å². The molecule has 0 heterocycles. The predicted octanol–water partition coefficient (Wildman–Crippen LogP) is 8.82. The summed E-state index contributed by atoms with van der Waals surface area (Å²) in [7, 11) is 0. The molecule has 0 N–H and O–H groups in total. The van der Waals surface area contributed by atoms with E-state index in [1.54, 1.807) is 0 Å². The van der Waals surface area contributed by atoms with Crippen molar-refractivity contribution in [2.75, 3.05) is 0 Å². The molecule has 0 radical (unpaired) electrons. The van der Waals surface area contributed by atoms with Gasteiger partial charge in [0.15, 0.2) is 5.75 Å². The van der Waals surface area contributed by atoms with E-state index in [1.807, 2.05) is 18.2 Å². The predicted molar refractivity (Wildman–Crippen MR) is 107 cm³/mol. The fraction of sp³-hybridized carbons (Fsp3) is 0. The van der Waals surface area contributed by atoms with Gasteiger partial charge >= 0.3 is 0 Å². The monoisotopic (exact) mass is 715 g/mol. The second kappa shape index (κ2) is 7.45. The number of ether oxygens (including phenoxy) is 1. The summed E-state index contributed by atoms with van der Waals surface area (Å²) in [6, 6.07) is 5.76. The van der Waals surface area contributed by atoms with E-state index >= 15 is 0 Å². The molecule has 0 atom stereocenters. The Balaban J connectivity index is 2.57. The zero-order valence-corrected chi connectivity index (χ0v) is 20.4. The molecule has 0 unspecified atom stereocenters.